The lowest BCUT2D eigenvalue weighted by Gasteiger charge is -1.99. The molecule has 4 N–H and O–H groups in total. The van der Waals surface area contributed by atoms with Gasteiger partial charge in [0.15, 0.2) is 0 Å². The van der Waals surface area contributed by atoms with Gasteiger partial charge in [-0.3, -0.25) is 9.89 Å². The third-order valence-corrected chi connectivity index (χ3v) is 2.68. The monoisotopic (exact) mass is 233 g/mol. The molecule has 0 aromatic carbocycles. The topological polar surface area (TPSA) is 108 Å². The van der Waals surface area contributed by atoms with Gasteiger partial charge in [0.2, 0.25) is 0 Å². The second-order valence-corrected chi connectivity index (χ2v) is 3.85. The highest BCUT2D eigenvalue weighted by Gasteiger charge is 2.12. The number of nitrogens with zero attached hydrogens (tertiary/aromatic N) is 2. The Balaban J connectivity index is 2.17. The van der Waals surface area contributed by atoms with Crippen molar-refractivity contribution < 1.29 is 4.79 Å². The van der Waals surface area contributed by atoms with Crippen molar-refractivity contribution in [1.82, 2.24) is 10.2 Å². The van der Waals surface area contributed by atoms with Gasteiger partial charge in [0, 0.05) is 6.07 Å². The Labute approximate surface area is 94.7 Å². The molecule has 2 heterocycles. The molecule has 2 rings (SSSR count). The van der Waals surface area contributed by atoms with Gasteiger partial charge in [-0.05, 0) is 11.4 Å². The van der Waals surface area contributed by atoms with Crippen molar-refractivity contribution in [2.45, 2.75) is 0 Å². The lowest BCUT2D eigenvalue weighted by atomic mass is 10.3. The number of hydrogen-bond acceptors (Lipinski definition) is 5. The molecule has 0 fully saturated rings. The third-order valence-electron chi connectivity index (χ3n) is 1.86. The van der Waals surface area contributed by atoms with Crippen molar-refractivity contribution in [2.24, 2.45) is 0 Å². The zero-order chi connectivity index (χ0) is 11.5. The molecule has 16 heavy (non-hydrogen) atoms. The smallest absolute Gasteiger partial charge is 0.274 e. The first-order valence-electron chi connectivity index (χ1n) is 4.30. The molecule has 0 radical (unpaired) electrons. The fraction of sp³-hybridized carbons (Fsp3) is 0. The van der Waals surface area contributed by atoms with Gasteiger partial charge >= 0.3 is 0 Å². The van der Waals surface area contributed by atoms with Crippen molar-refractivity contribution >= 4 is 28.1 Å². The lowest BCUT2D eigenvalue weighted by molar-refractivity contribution is 0.102. The molecule has 2 aromatic rings. The SMILES string of the molecule is N#Cc1ccsc1NC(=O)c1cc(N)n[nH]1. The summed E-state index contributed by atoms with van der Waals surface area (Å²) in [5.41, 5.74) is 6.07. The number of amides is 1. The molecule has 6 nitrogen and oxygen atoms in total. The summed E-state index contributed by atoms with van der Waals surface area (Å²) in [5, 5.41) is 19.7. The molecule has 0 saturated carbocycles. The van der Waals surface area contributed by atoms with Gasteiger partial charge in [0.05, 0.1) is 5.56 Å². The van der Waals surface area contributed by atoms with E-state index >= 15 is 0 Å². The number of carbonyl (C=O) groups is 1. The first-order valence-corrected chi connectivity index (χ1v) is 5.18. The molecule has 0 saturated heterocycles. The predicted octanol–water partition coefficient (Wildman–Crippen LogP) is 1.18. The van der Waals surface area contributed by atoms with Crippen molar-refractivity contribution in [3.63, 3.8) is 0 Å². The van der Waals surface area contributed by atoms with E-state index in [0.29, 0.717) is 10.6 Å². The standard InChI is InChI=1S/C9H7N5OS/c10-4-5-1-2-16-9(5)12-8(15)6-3-7(11)14-13-6/h1-3H,(H,12,15)(H3,11,13,14). The zero-order valence-electron chi connectivity index (χ0n) is 8.02. The van der Waals surface area contributed by atoms with Crippen LogP contribution in [0.1, 0.15) is 16.1 Å². The summed E-state index contributed by atoms with van der Waals surface area (Å²) in [6.45, 7) is 0. The summed E-state index contributed by atoms with van der Waals surface area (Å²) in [4.78, 5) is 11.7. The number of rotatable bonds is 2. The fourth-order valence-electron chi connectivity index (χ4n) is 1.12. The minimum Gasteiger partial charge on any atom is -0.382 e. The fourth-order valence-corrected chi connectivity index (χ4v) is 1.85. The van der Waals surface area contributed by atoms with E-state index in [1.807, 2.05) is 6.07 Å². The van der Waals surface area contributed by atoms with E-state index in [9.17, 15) is 4.79 Å². The van der Waals surface area contributed by atoms with Crippen LogP contribution < -0.4 is 11.1 Å². The van der Waals surface area contributed by atoms with Crippen LogP contribution in [-0.4, -0.2) is 16.1 Å². The van der Waals surface area contributed by atoms with Gasteiger partial charge in [-0.15, -0.1) is 11.3 Å². The van der Waals surface area contributed by atoms with Crippen LogP contribution in [0.3, 0.4) is 0 Å². The molecule has 0 aliphatic rings. The lowest BCUT2D eigenvalue weighted by Crippen LogP contribution is -2.12. The number of nitrogens with two attached hydrogens (primary N) is 1. The highest BCUT2D eigenvalue weighted by Crippen LogP contribution is 2.22. The van der Waals surface area contributed by atoms with Crippen LogP contribution in [0.2, 0.25) is 0 Å². The van der Waals surface area contributed by atoms with E-state index in [2.05, 4.69) is 15.5 Å². The maximum absolute atomic E-state index is 11.7. The van der Waals surface area contributed by atoms with Crippen molar-refractivity contribution in [2.75, 3.05) is 11.1 Å². The van der Waals surface area contributed by atoms with E-state index in [1.165, 1.54) is 17.4 Å². The Morgan fingerprint density at radius 3 is 3.12 bits per heavy atom. The highest BCUT2D eigenvalue weighted by atomic mass is 32.1. The molecule has 0 unspecified atom stereocenters. The Morgan fingerprint density at radius 2 is 2.50 bits per heavy atom. The van der Waals surface area contributed by atoms with E-state index in [4.69, 9.17) is 11.0 Å². The average molecular weight is 233 g/mol. The van der Waals surface area contributed by atoms with E-state index in [0.717, 1.165) is 0 Å². The molecular weight excluding hydrogens is 226 g/mol. The third kappa shape index (κ3) is 1.87. The van der Waals surface area contributed by atoms with E-state index in [1.54, 1.807) is 11.4 Å². The molecule has 0 atom stereocenters. The number of H-pyrrole nitrogens is 1. The predicted molar refractivity (Wildman–Crippen MR) is 60.0 cm³/mol. The number of anilines is 2. The van der Waals surface area contributed by atoms with Gasteiger partial charge in [-0.2, -0.15) is 10.4 Å². The number of nitrogen functional groups attached to an aromatic ring is 1. The normalized spacial score (nSPS) is 9.69. The average Bonchev–Trinajstić information content (AvgIpc) is 2.86. The van der Waals surface area contributed by atoms with Gasteiger partial charge in [-0.25, -0.2) is 0 Å². The molecular formula is C9H7N5OS. The molecule has 0 aliphatic heterocycles. The maximum Gasteiger partial charge on any atom is 0.274 e. The van der Waals surface area contributed by atoms with Crippen LogP contribution in [0.15, 0.2) is 17.5 Å². The summed E-state index contributed by atoms with van der Waals surface area (Å²) < 4.78 is 0. The molecule has 0 aliphatic carbocycles. The van der Waals surface area contributed by atoms with Crippen LogP contribution >= 0.6 is 11.3 Å². The highest BCUT2D eigenvalue weighted by molar-refractivity contribution is 7.14. The summed E-state index contributed by atoms with van der Waals surface area (Å²) in [7, 11) is 0. The number of nitriles is 1. The molecule has 1 amide bonds. The molecule has 0 spiro atoms. The van der Waals surface area contributed by atoms with Crippen LogP contribution in [-0.2, 0) is 0 Å². The number of aromatic amines is 1. The second-order valence-electron chi connectivity index (χ2n) is 2.94. The summed E-state index contributed by atoms with van der Waals surface area (Å²) in [5.74, 6) is -0.125. The van der Waals surface area contributed by atoms with Crippen LogP contribution in [0.25, 0.3) is 0 Å². The van der Waals surface area contributed by atoms with E-state index in [-0.39, 0.29) is 17.4 Å². The maximum atomic E-state index is 11.7. The minimum atomic E-state index is -0.372. The van der Waals surface area contributed by atoms with Crippen molar-refractivity contribution in [3.05, 3.63) is 28.8 Å². The number of hydrogen-bond donors (Lipinski definition) is 3. The summed E-state index contributed by atoms with van der Waals surface area (Å²) in [6.07, 6.45) is 0. The second kappa shape index (κ2) is 4.04. The van der Waals surface area contributed by atoms with Crippen LogP contribution in [0.5, 0.6) is 0 Å². The van der Waals surface area contributed by atoms with Crippen LogP contribution in [0, 0.1) is 11.3 Å². The van der Waals surface area contributed by atoms with Crippen molar-refractivity contribution in [3.8, 4) is 6.07 Å². The van der Waals surface area contributed by atoms with Crippen LogP contribution in [0.4, 0.5) is 10.8 Å². The Kier molecular flexibility index (Phi) is 2.57. The Morgan fingerprint density at radius 1 is 1.69 bits per heavy atom. The van der Waals surface area contributed by atoms with Gasteiger partial charge in [0.25, 0.3) is 5.91 Å². The van der Waals surface area contributed by atoms with Gasteiger partial charge < -0.3 is 11.1 Å². The molecule has 7 heteroatoms. The number of thiophene rings is 1. The Bertz CT molecular complexity index is 564. The quantitative estimate of drug-likeness (QED) is 0.723. The largest absolute Gasteiger partial charge is 0.382 e. The first kappa shape index (κ1) is 10.2. The van der Waals surface area contributed by atoms with E-state index < -0.39 is 0 Å². The minimum absolute atomic E-state index is 0.247. The van der Waals surface area contributed by atoms with Crippen molar-refractivity contribution in [1.29, 1.82) is 5.26 Å². The number of nitrogens with one attached hydrogen (secondary N) is 2. The summed E-state index contributed by atoms with van der Waals surface area (Å²) >= 11 is 1.28. The molecule has 0 bridgehead atoms. The number of aromatic nitrogens is 2. The molecule has 80 valence electrons. The molecule has 2 aromatic heterocycles. The number of carbonyl (C=O) groups excluding carboxylic acids is 1. The first-order chi connectivity index (χ1) is 7.70. The zero-order valence-corrected chi connectivity index (χ0v) is 8.84. The Hall–Kier alpha value is -2.33. The summed E-state index contributed by atoms with van der Waals surface area (Å²) in [6, 6.07) is 5.05. The van der Waals surface area contributed by atoms with Gasteiger partial charge in [-0.1, -0.05) is 0 Å². The van der Waals surface area contributed by atoms with Gasteiger partial charge in [0.1, 0.15) is 22.6 Å².